The molecule has 0 saturated carbocycles. The molecule has 0 atom stereocenters. The molecule has 6 nitrogen and oxygen atoms in total. The summed E-state index contributed by atoms with van der Waals surface area (Å²) in [7, 11) is 1.27. The van der Waals surface area contributed by atoms with E-state index in [1.54, 1.807) is 18.2 Å². The maximum absolute atomic E-state index is 13.2. The summed E-state index contributed by atoms with van der Waals surface area (Å²) in [5, 5.41) is 2.63. The average molecular weight is 393 g/mol. The van der Waals surface area contributed by atoms with Gasteiger partial charge in [-0.25, -0.2) is 9.18 Å². The summed E-state index contributed by atoms with van der Waals surface area (Å²) in [6.45, 7) is 2.62. The van der Waals surface area contributed by atoms with Gasteiger partial charge in [0.2, 0.25) is 0 Å². The van der Waals surface area contributed by atoms with Crippen LogP contribution in [0.5, 0.6) is 0 Å². The minimum Gasteiger partial charge on any atom is -0.465 e. The quantitative estimate of drug-likeness (QED) is 0.808. The van der Waals surface area contributed by atoms with E-state index in [0.29, 0.717) is 26.3 Å². The number of hydrogen-bond donors (Lipinski definition) is 1. The number of rotatable bonds is 4. The van der Waals surface area contributed by atoms with Crippen LogP contribution in [0.15, 0.2) is 36.4 Å². The van der Waals surface area contributed by atoms with Crippen molar-refractivity contribution in [2.75, 3.05) is 43.6 Å². The van der Waals surface area contributed by atoms with Crippen molar-refractivity contribution in [2.24, 2.45) is 0 Å². The summed E-state index contributed by atoms with van der Waals surface area (Å²) >= 11 is 5.94. The van der Waals surface area contributed by atoms with Gasteiger partial charge < -0.3 is 19.7 Å². The standard InChI is InChI=1S/C19H18ClFN2O4/c1-26-19(25)15-11-13(23-6-8-27-9-7-23)3-5-17(15)22-18(24)14-4-2-12(21)10-16(14)20/h2-5,10-11H,6-9H2,1H3,(H,22,24). The van der Waals surface area contributed by atoms with Gasteiger partial charge in [-0.3, -0.25) is 4.79 Å². The molecule has 0 aromatic heterocycles. The molecule has 1 amide bonds. The number of nitrogens with zero attached hydrogens (tertiary/aromatic N) is 1. The van der Waals surface area contributed by atoms with Crippen LogP contribution in [0, 0.1) is 5.82 Å². The lowest BCUT2D eigenvalue weighted by atomic mass is 10.1. The third kappa shape index (κ3) is 4.37. The molecule has 0 radical (unpaired) electrons. The molecule has 1 aliphatic rings. The molecule has 1 saturated heterocycles. The SMILES string of the molecule is COC(=O)c1cc(N2CCOCC2)ccc1NC(=O)c1ccc(F)cc1Cl. The van der Waals surface area contributed by atoms with E-state index in [0.717, 1.165) is 17.8 Å². The lowest BCUT2D eigenvalue weighted by Gasteiger charge is -2.29. The molecule has 1 N–H and O–H groups in total. The molecule has 2 aromatic rings. The van der Waals surface area contributed by atoms with Gasteiger partial charge in [-0.1, -0.05) is 11.6 Å². The first-order chi connectivity index (χ1) is 13.0. The predicted octanol–water partition coefficient (Wildman–Crippen LogP) is 3.35. The van der Waals surface area contributed by atoms with Crippen LogP contribution in [0.2, 0.25) is 5.02 Å². The number of esters is 1. The maximum atomic E-state index is 13.2. The largest absolute Gasteiger partial charge is 0.465 e. The fourth-order valence-corrected chi connectivity index (χ4v) is 3.05. The van der Waals surface area contributed by atoms with Crippen molar-refractivity contribution >= 4 is 34.9 Å². The van der Waals surface area contributed by atoms with Gasteiger partial charge in [0, 0.05) is 18.8 Å². The maximum Gasteiger partial charge on any atom is 0.340 e. The number of benzene rings is 2. The highest BCUT2D eigenvalue weighted by molar-refractivity contribution is 6.34. The molecule has 1 fully saturated rings. The number of anilines is 2. The van der Waals surface area contributed by atoms with E-state index in [2.05, 4.69) is 10.2 Å². The van der Waals surface area contributed by atoms with E-state index in [4.69, 9.17) is 21.1 Å². The van der Waals surface area contributed by atoms with E-state index < -0.39 is 17.7 Å². The molecule has 0 aliphatic carbocycles. The Kier molecular flexibility index (Phi) is 5.93. The van der Waals surface area contributed by atoms with Crippen LogP contribution in [-0.4, -0.2) is 45.3 Å². The Labute approximate surface area is 160 Å². The van der Waals surface area contributed by atoms with Gasteiger partial charge in [0.25, 0.3) is 5.91 Å². The van der Waals surface area contributed by atoms with Crippen LogP contribution in [0.3, 0.4) is 0 Å². The number of ether oxygens (including phenoxy) is 2. The van der Waals surface area contributed by atoms with Gasteiger partial charge in [-0.2, -0.15) is 0 Å². The fourth-order valence-electron chi connectivity index (χ4n) is 2.80. The van der Waals surface area contributed by atoms with Crippen molar-refractivity contribution < 1.29 is 23.5 Å². The minimum absolute atomic E-state index is 0.0166. The number of carbonyl (C=O) groups excluding carboxylic acids is 2. The summed E-state index contributed by atoms with van der Waals surface area (Å²) in [5.74, 6) is -1.67. The average Bonchev–Trinajstić information content (AvgIpc) is 2.68. The first kappa shape index (κ1) is 19.1. The van der Waals surface area contributed by atoms with E-state index in [9.17, 15) is 14.0 Å². The van der Waals surface area contributed by atoms with Crippen LogP contribution in [0.1, 0.15) is 20.7 Å². The first-order valence-electron chi connectivity index (χ1n) is 8.31. The number of morpholine rings is 1. The molecule has 0 unspecified atom stereocenters. The molecule has 0 spiro atoms. The number of methoxy groups -OCH3 is 1. The Morgan fingerprint density at radius 1 is 1.15 bits per heavy atom. The third-order valence-corrected chi connectivity index (χ3v) is 4.52. The zero-order chi connectivity index (χ0) is 19.4. The summed E-state index contributed by atoms with van der Waals surface area (Å²) < 4.78 is 23.4. The van der Waals surface area contributed by atoms with Gasteiger partial charge in [0.05, 0.1) is 42.2 Å². The van der Waals surface area contributed by atoms with Gasteiger partial charge >= 0.3 is 5.97 Å². The van der Waals surface area contributed by atoms with Crippen molar-refractivity contribution in [3.8, 4) is 0 Å². The molecule has 1 aliphatic heterocycles. The molecule has 8 heteroatoms. The van der Waals surface area contributed by atoms with Gasteiger partial charge in [-0.05, 0) is 36.4 Å². The predicted molar refractivity (Wildman–Crippen MR) is 100 cm³/mol. The second-order valence-electron chi connectivity index (χ2n) is 5.90. The van der Waals surface area contributed by atoms with E-state index in [1.165, 1.54) is 13.2 Å². The second-order valence-corrected chi connectivity index (χ2v) is 6.31. The van der Waals surface area contributed by atoms with E-state index >= 15 is 0 Å². The summed E-state index contributed by atoms with van der Waals surface area (Å²) in [6.07, 6.45) is 0. The first-order valence-corrected chi connectivity index (χ1v) is 8.69. The van der Waals surface area contributed by atoms with Crippen molar-refractivity contribution in [3.63, 3.8) is 0 Å². The number of carbonyl (C=O) groups is 2. The van der Waals surface area contributed by atoms with Gasteiger partial charge in [0.15, 0.2) is 0 Å². The molecule has 2 aromatic carbocycles. The van der Waals surface area contributed by atoms with Crippen LogP contribution in [0.4, 0.5) is 15.8 Å². The summed E-state index contributed by atoms with van der Waals surface area (Å²) in [4.78, 5) is 26.8. The fraction of sp³-hybridized carbons (Fsp3) is 0.263. The zero-order valence-electron chi connectivity index (χ0n) is 14.6. The Balaban J connectivity index is 1.89. The zero-order valence-corrected chi connectivity index (χ0v) is 15.4. The third-order valence-electron chi connectivity index (χ3n) is 4.21. The number of amides is 1. The van der Waals surface area contributed by atoms with Crippen molar-refractivity contribution in [3.05, 3.63) is 58.4 Å². The number of nitrogens with one attached hydrogen (secondary N) is 1. The molecule has 1 heterocycles. The monoisotopic (exact) mass is 392 g/mol. The molecule has 3 rings (SSSR count). The van der Waals surface area contributed by atoms with Gasteiger partial charge in [0.1, 0.15) is 5.82 Å². The smallest absolute Gasteiger partial charge is 0.340 e. The van der Waals surface area contributed by atoms with Crippen LogP contribution < -0.4 is 10.2 Å². The molecule has 0 bridgehead atoms. The highest BCUT2D eigenvalue weighted by atomic mass is 35.5. The van der Waals surface area contributed by atoms with Crippen molar-refractivity contribution in [1.82, 2.24) is 0 Å². The van der Waals surface area contributed by atoms with Gasteiger partial charge in [-0.15, -0.1) is 0 Å². The van der Waals surface area contributed by atoms with Crippen molar-refractivity contribution in [2.45, 2.75) is 0 Å². The normalized spacial score (nSPS) is 14.0. The Bertz CT molecular complexity index is 869. The van der Waals surface area contributed by atoms with Crippen LogP contribution >= 0.6 is 11.6 Å². The van der Waals surface area contributed by atoms with Crippen LogP contribution in [0.25, 0.3) is 0 Å². The second kappa shape index (κ2) is 8.37. The Morgan fingerprint density at radius 2 is 1.89 bits per heavy atom. The lowest BCUT2D eigenvalue weighted by molar-refractivity contribution is 0.0602. The van der Waals surface area contributed by atoms with E-state index in [-0.39, 0.29) is 21.8 Å². The Morgan fingerprint density at radius 3 is 2.56 bits per heavy atom. The van der Waals surface area contributed by atoms with E-state index in [1.807, 2.05) is 0 Å². The minimum atomic E-state index is -0.578. The summed E-state index contributed by atoms with van der Waals surface area (Å²) in [5.41, 5.74) is 1.43. The molecular formula is C19H18ClFN2O4. The Hall–Kier alpha value is -2.64. The molecule has 27 heavy (non-hydrogen) atoms. The van der Waals surface area contributed by atoms with Crippen molar-refractivity contribution in [1.29, 1.82) is 0 Å². The topological polar surface area (TPSA) is 67.9 Å². The number of halogens is 2. The summed E-state index contributed by atoms with van der Waals surface area (Å²) in [6, 6.07) is 8.58. The highest BCUT2D eigenvalue weighted by Crippen LogP contribution is 2.26. The lowest BCUT2D eigenvalue weighted by Crippen LogP contribution is -2.36. The molecule has 142 valence electrons. The highest BCUT2D eigenvalue weighted by Gasteiger charge is 2.20. The number of hydrogen-bond acceptors (Lipinski definition) is 5. The molecular weight excluding hydrogens is 375 g/mol. The van der Waals surface area contributed by atoms with Crippen LogP contribution in [-0.2, 0) is 9.47 Å².